The maximum atomic E-state index is 13.6. The van der Waals surface area contributed by atoms with Crippen LogP contribution < -0.4 is 16.0 Å². The standard InChI is InChI=1S/C11H12F2N4O3/c12-6-3-7(13)10(17(19)20)8(4-6)16-2-1-15-5-9(16)11(14)18/h3-4,9,15H,1-2,5H2,(H2,14,18). The number of carbonyl (C=O) groups excluding carboxylic acids is 1. The lowest BCUT2D eigenvalue weighted by Gasteiger charge is -2.35. The van der Waals surface area contributed by atoms with Crippen LogP contribution in [0.4, 0.5) is 20.2 Å². The normalized spacial score (nSPS) is 18.9. The number of hydrogen-bond donors (Lipinski definition) is 2. The summed E-state index contributed by atoms with van der Waals surface area (Å²) in [4.78, 5) is 22.6. The predicted octanol–water partition coefficient (Wildman–Crippen LogP) is 0.136. The Morgan fingerprint density at radius 2 is 2.20 bits per heavy atom. The molecule has 1 fully saturated rings. The SMILES string of the molecule is NC(=O)C1CNCCN1c1cc(F)cc(F)c1[N+](=O)[O-]. The number of benzene rings is 1. The van der Waals surface area contributed by atoms with Gasteiger partial charge in [-0.15, -0.1) is 0 Å². The van der Waals surface area contributed by atoms with E-state index in [0.29, 0.717) is 12.6 Å². The molecule has 1 aliphatic rings. The van der Waals surface area contributed by atoms with Crippen LogP contribution in [0.25, 0.3) is 0 Å². The summed E-state index contributed by atoms with van der Waals surface area (Å²) in [6.07, 6.45) is 0. The van der Waals surface area contributed by atoms with Crippen LogP contribution in [0.2, 0.25) is 0 Å². The Kier molecular flexibility index (Phi) is 3.79. The number of anilines is 1. The van der Waals surface area contributed by atoms with Crippen molar-refractivity contribution in [2.75, 3.05) is 24.5 Å². The van der Waals surface area contributed by atoms with Gasteiger partial charge >= 0.3 is 5.69 Å². The molecule has 9 heteroatoms. The first-order valence-corrected chi connectivity index (χ1v) is 5.82. The molecule has 3 N–H and O–H groups in total. The highest BCUT2D eigenvalue weighted by Gasteiger charge is 2.33. The van der Waals surface area contributed by atoms with Crippen molar-refractivity contribution in [2.45, 2.75) is 6.04 Å². The van der Waals surface area contributed by atoms with Crippen LogP contribution in [0.5, 0.6) is 0 Å². The van der Waals surface area contributed by atoms with Gasteiger partial charge in [-0.05, 0) is 0 Å². The second-order valence-electron chi connectivity index (χ2n) is 4.33. The fraction of sp³-hybridized carbons (Fsp3) is 0.364. The smallest absolute Gasteiger partial charge is 0.328 e. The quantitative estimate of drug-likeness (QED) is 0.608. The fourth-order valence-electron chi connectivity index (χ4n) is 2.20. The lowest BCUT2D eigenvalue weighted by atomic mass is 10.1. The lowest BCUT2D eigenvalue weighted by molar-refractivity contribution is -0.386. The highest BCUT2D eigenvalue weighted by atomic mass is 19.1. The fourth-order valence-corrected chi connectivity index (χ4v) is 2.20. The minimum Gasteiger partial charge on any atom is -0.368 e. The second kappa shape index (κ2) is 5.37. The molecule has 1 aromatic carbocycles. The Morgan fingerprint density at radius 3 is 2.80 bits per heavy atom. The Hall–Kier alpha value is -2.29. The molecule has 1 atom stereocenters. The molecule has 0 radical (unpaired) electrons. The molecule has 1 unspecified atom stereocenters. The van der Waals surface area contributed by atoms with E-state index in [0.717, 1.165) is 6.07 Å². The van der Waals surface area contributed by atoms with Crippen LogP contribution in [0.15, 0.2) is 12.1 Å². The molecule has 7 nitrogen and oxygen atoms in total. The van der Waals surface area contributed by atoms with Gasteiger partial charge in [-0.2, -0.15) is 4.39 Å². The minimum absolute atomic E-state index is 0.157. The van der Waals surface area contributed by atoms with E-state index in [1.807, 2.05) is 0 Å². The van der Waals surface area contributed by atoms with Gasteiger partial charge in [0, 0.05) is 31.8 Å². The highest BCUT2D eigenvalue weighted by molar-refractivity contribution is 5.85. The largest absolute Gasteiger partial charge is 0.368 e. The molecule has 1 aliphatic heterocycles. The van der Waals surface area contributed by atoms with Gasteiger partial charge in [-0.1, -0.05) is 0 Å². The zero-order valence-corrected chi connectivity index (χ0v) is 10.3. The van der Waals surface area contributed by atoms with Gasteiger partial charge in [-0.3, -0.25) is 14.9 Å². The lowest BCUT2D eigenvalue weighted by Crippen LogP contribution is -2.57. The third-order valence-electron chi connectivity index (χ3n) is 3.07. The molecule has 1 saturated heterocycles. The maximum absolute atomic E-state index is 13.6. The number of primary amides is 1. The van der Waals surface area contributed by atoms with Gasteiger partial charge in [0.15, 0.2) is 0 Å². The average molecular weight is 286 g/mol. The summed E-state index contributed by atoms with van der Waals surface area (Å²) in [5.74, 6) is -2.97. The molecule has 20 heavy (non-hydrogen) atoms. The average Bonchev–Trinajstić information content (AvgIpc) is 2.37. The molecular formula is C11H12F2N4O3. The minimum atomic E-state index is -1.29. The van der Waals surface area contributed by atoms with Crippen molar-refractivity contribution >= 4 is 17.3 Å². The van der Waals surface area contributed by atoms with Crippen LogP contribution >= 0.6 is 0 Å². The monoisotopic (exact) mass is 286 g/mol. The number of amides is 1. The second-order valence-corrected chi connectivity index (χ2v) is 4.33. The van der Waals surface area contributed by atoms with Crippen molar-refractivity contribution in [1.82, 2.24) is 5.32 Å². The van der Waals surface area contributed by atoms with Gasteiger partial charge in [0.25, 0.3) is 0 Å². The first-order chi connectivity index (χ1) is 9.41. The molecule has 2 rings (SSSR count). The molecule has 1 aromatic rings. The van der Waals surface area contributed by atoms with E-state index in [1.165, 1.54) is 4.90 Å². The van der Waals surface area contributed by atoms with Gasteiger partial charge in [0.2, 0.25) is 11.7 Å². The number of carbonyl (C=O) groups is 1. The number of halogens is 2. The van der Waals surface area contributed by atoms with E-state index in [4.69, 9.17) is 5.73 Å². The highest BCUT2D eigenvalue weighted by Crippen LogP contribution is 2.33. The summed E-state index contributed by atoms with van der Waals surface area (Å²) in [6, 6.07) is 0.370. The number of nitro benzene ring substituents is 1. The molecule has 0 aliphatic carbocycles. The van der Waals surface area contributed by atoms with E-state index in [1.54, 1.807) is 0 Å². The zero-order chi connectivity index (χ0) is 14.9. The van der Waals surface area contributed by atoms with Crippen LogP contribution in [0, 0.1) is 21.7 Å². The maximum Gasteiger partial charge on any atom is 0.328 e. The summed E-state index contributed by atoms with van der Waals surface area (Å²) >= 11 is 0. The summed E-state index contributed by atoms with van der Waals surface area (Å²) in [7, 11) is 0. The van der Waals surface area contributed by atoms with Crippen molar-refractivity contribution in [3.63, 3.8) is 0 Å². The summed E-state index contributed by atoms with van der Waals surface area (Å²) < 4.78 is 26.9. The molecular weight excluding hydrogens is 274 g/mol. The molecule has 0 saturated carbocycles. The molecule has 0 spiro atoms. The summed E-state index contributed by atoms with van der Waals surface area (Å²) in [6.45, 7) is 0.751. The van der Waals surface area contributed by atoms with Crippen molar-refractivity contribution in [1.29, 1.82) is 0 Å². The van der Waals surface area contributed by atoms with Crippen LogP contribution in [-0.2, 0) is 4.79 Å². The molecule has 108 valence electrons. The summed E-state index contributed by atoms with van der Waals surface area (Å²) in [5, 5.41) is 13.9. The third-order valence-corrected chi connectivity index (χ3v) is 3.07. The van der Waals surface area contributed by atoms with Crippen LogP contribution in [0.1, 0.15) is 0 Å². The van der Waals surface area contributed by atoms with E-state index < -0.39 is 34.2 Å². The number of nitro groups is 1. The van der Waals surface area contributed by atoms with Crippen molar-refractivity contribution in [2.24, 2.45) is 5.73 Å². The predicted molar refractivity (Wildman–Crippen MR) is 66.2 cm³/mol. The van der Waals surface area contributed by atoms with E-state index in [9.17, 15) is 23.7 Å². The van der Waals surface area contributed by atoms with Crippen molar-refractivity contribution in [3.8, 4) is 0 Å². The number of hydrogen-bond acceptors (Lipinski definition) is 5. The molecule has 1 amide bonds. The Bertz CT molecular complexity index is 567. The van der Waals surface area contributed by atoms with Gasteiger partial charge in [0.1, 0.15) is 17.5 Å². The topological polar surface area (TPSA) is 102 Å². The van der Waals surface area contributed by atoms with Gasteiger partial charge < -0.3 is 16.0 Å². The Labute approximate surface area is 112 Å². The third kappa shape index (κ3) is 2.52. The molecule has 0 aromatic heterocycles. The van der Waals surface area contributed by atoms with Crippen molar-refractivity contribution in [3.05, 3.63) is 33.9 Å². The zero-order valence-electron chi connectivity index (χ0n) is 10.3. The van der Waals surface area contributed by atoms with E-state index in [2.05, 4.69) is 5.32 Å². The number of nitrogens with two attached hydrogens (primary N) is 1. The van der Waals surface area contributed by atoms with Gasteiger partial charge in [0.05, 0.1) is 4.92 Å². The number of piperazine rings is 1. The Morgan fingerprint density at radius 1 is 1.50 bits per heavy atom. The van der Waals surface area contributed by atoms with E-state index >= 15 is 0 Å². The van der Waals surface area contributed by atoms with Gasteiger partial charge in [-0.25, -0.2) is 4.39 Å². The molecule has 0 bridgehead atoms. The number of nitrogens with one attached hydrogen (secondary N) is 1. The van der Waals surface area contributed by atoms with Crippen LogP contribution in [0.3, 0.4) is 0 Å². The van der Waals surface area contributed by atoms with E-state index in [-0.39, 0.29) is 18.8 Å². The summed E-state index contributed by atoms with van der Waals surface area (Å²) in [5.41, 5.74) is 4.08. The van der Waals surface area contributed by atoms with Crippen LogP contribution in [-0.4, -0.2) is 36.5 Å². The Balaban J connectivity index is 2.54. The molecule has 1 heterocycles. The first-order valence-electron chi connectivity index (χ1n) is 5.82. The number of nitrogens with zero attached hydrogens (tertiary/aromatic N) is 2. The van der Waals surface area contributed by atoms with Crippen molar-refractivity contribution < 1.29 is 18.5 Å². The first kappa shape index (κ1) is 14.1. The number of rotatable bonds is 3.